The van der Waals surface area contributed by atoms with E-state index in [-0.39, 0.29) is 23.5 Å². The maximum atomic E-state index is 12.9. The number of ether oxygens (including phenoxy) is 1. The van der Waals surface area contributed by atoms with Crippen LogP contribution in [0.25, 0.3) is 10.8 Å². The predicted molar refractivity (Wildman–Crippen MR) is 133 cm³/mol. The molecule has 0 amide bonds. The number of hydrogen-bond acceptors (Lipinski definition) is 3. The van der Waals surface area contributed by atoms with Gasteiger partial charge in [-0.05, 0) is 61.3 Å². The molecule has 0 unspecified atom stereocenters. The summed E-state index contributed by atoms with van der Waals surface area (Å²) in [7, 11) is 0. The fourth-order valence-corrected chi connectivity index (χ4v) is 6.03. The second-order valence-electron chi connectivity index (χ2n) is 10.5. The summed E-state index contributed by atoms with van der Waals surface area (Å²) in [5, 5.41) is 6.56. The predicted octanol–water partition coefficient (Wildman–Crippen LogP) is 7.34. The molecule has 0 heterocycles. The summed E-state index contributed by atoms with van der Waals surface area (Å²) >= 11 is 0. The van der Waals surface area contributed by atoms with Crippen LogP contribution in [-0.4, -0.2) is 17.6 Å². The number of carbonyl (C=O) groups excluding carboxylic acids is 1. The molecule has 2 aromatic carbocycles. The van der Waals surface area contributed by atoms with Gasteiger partial charge in [-0.3, -0.25) is 4.79 Å². The third-order valence-electron chi connectivity index (χ3n) is 8.07. The van der Waals surface area contributed by atoms with Crippen LogP contribution < -0.4 is 5.32 Å². The zero-order chi connectivity index (χ0) is 22.6. The van der Waals surface area contributed by atoms with Crippen molar-refractivity contribution in [3.05, 3.63) is 48.0 Å². The van der Waals surface area contributed by atoms with Crippen molar-refractivity contribution in [2.45, 2.75) is 103 Å². The van der Waals surface area contributed by atoms with E-state index in [1.54, 1.807) is 0 Å². The molecule has 5 rings (SSSR count). The number of rotatable bonds is 10. The van der Waals surface area contributed by atoms with E-state index in [0.29, 0.717) is 12.0 Å². The highest BCUT2D eigenvalue weighted by atomic mass is 16.6. The van der Waals surface area contributed by atoms with Crippen molar-refractivity contribution in [1.82, 2.24) is 5.32 Å². The Hall–Kier alpha value is -1.87. The van der Waals surface area contributed by atoms with E-state index in [1.165, 1.54) is 35.6 Å². The van der Waals surface area contributed by atoms with E-state index >= 15 is 0 Å². The minimum Gasteiger partial charge on any atom is -0.459 e. The average Bonchev–Trinajstić information content (AvgIpc) is 2.81. The lowest BCUT2D eigenvalue weighted by molar-refractivity contribution is -0.178. The molecule has 0 saturated heterocycles. The molecule has 174 valence electrons. The first kappa shape index (κ1) is 23.3. The smallest absolute Gasteiger partial charge is 0.309 e. The zero-order valence-electron chi connectivity index (χ0n) is 20.2. The van der Waals surface area contributed by atoms with Crippen molar-refractivity contribution in [2.24, 2.45) is 11.8 Å². The number of hydrogen-bond donors (Lipinski definition) is 1. The first-order valence-corrected chi connectivity index (χ1v) is 13.0. The highest BCUT2D eigenvalue weighted by Gasteiger charge is 2.49. The van der Waals surface area contributed by atoms with Gasteiger partial charge in [0.2, 0.25) is 0 Å². The lowest BCUT2D eigenvalue weighted by Gasteiger charge is -2.51. The van der Waals surface area contributed by atoms with Crippen LogP contribution >= 0.6 is 0 Å². The third kappa shape index (κ3) is 5.20. The van der Waals surface area contributed by atoms with Crippen molar-refractivity contribution >= 4 is 16.7 Å². The van der Waals surface area contributed by atoms with E-state index in [2.05, 4.69) is 68.6 Å². The fraction of sp³-hybridized carbons (Fsp3) is 0.621. The first-order chi connectivity index (χ1) is 15.5. The molecule has 0 radical (unpaired) electrons. The lowest BCUT2D eigenvalue weighted by Crippen LogP contribution is -2.55. The monoisotopic (exact) mass is 435 g/mol. The molecular formula is C29H41NO2. The fourth-order valence-electron chi connectivity index (χ4n) is 6.03. The lowest BCUT2D eigenvalue weighted by atomic mass is 9.64. The quantitative estimate of drug-likeness (QED) is 0.313. The standard InChI is InChI=1S/C29H41NO2/c1-4-5-6-7-11-21(2)28(31)32-29-18-16-24(17-19-29)27(20-29)30-22(3)25-15-10-13-23-12-8-9-14-26(23)25/h8-10,12-15,21-22,24,27,30H,4-7,11,16-20H2,1-3H3/t21-,22-,24?,27-,29?/m0/s1. The van der Waals surface area contributed by atoms with Gasteiger partial charge in [-0.15, -0.1) is 0 Å². The minimum absolute atomic E-state index is 0.0156. The Balaban J connectivity index is 1.38. The van der Waals surface area contributed by atoms with Crippen molar-refractivity contribution in [3.8, 4) is 0 Å². The summed E-state index contributed by atoms with van der Waals surface area (Å²) in [6.45, 7) is 6.56. The largest absolute Gasteiger partial charge is 0.459 e. The van der Waals surface area contributed by atoms with Gasteiger partial charge in [-0.1, -0.05) is 82.0 Å². The molecule has 3 heteroatoms. The summed E-state index contributed by atoms with van der Waals surface area (Å²) in [4.78, 5) is 12.9. The number of benzene rings is 2. The Kier molecular flexibility index (Phi) is 7.55. The molecule has 0 aliphatic heterocycles. The Morgan fingerprint density at radius 3 is 2.59 bits per heavy atom. The van der Waals surface area contributed by atoms with Crippen LogP contribution in [-0.2, 0) is 9.53 Å². The van der Waals surface area contributed by atoms with Gasteiger partial charge in [0.15, 0.2) is 0 Å². The van der Waals surface area contributed by atoms with E-state index in [0.717, 1.165) is 44.9 Å². The third-order valence-corrected chi connectivity index (χ3v) is 8.07. The second kappa shape index (κ2) is 10.4. The number of unbranched alkanes of at least 4 members (excludes halogenated alkanes) is 3. The van der Waals surface area contributed by atoms with Crippen LogP contribution in [0.1, 0.15) is 96.6 Å². The maximum absolute atomic E-state index is 12.9. The highest BCUT2D eigenvalue weighted by Crippen LogP contribution is 2.47. The zero-order valence-corrected chi connectivity index (χ0v) is 20.2. The summed E-state index contributed by atoms with van der Waals surface area (Å²) in [6, 6.07) is 15.9. The molecule has 2 bridgehead atoms. The normalized spacial score (nSPS) is 26.7. The highest BCUT2D eigenvalue weighted by molar-refractivity contribution is 5.86. The molecule has 3 atom stereocenters. The van der Waals surface area contributed by atoms with Crippen LogP contribution in [0, 0.1) is 11.8 Å². The van der Waals surface area contributed by atoms with Gasteiger partial charge in [0.05, 0.1) is 5.92 Å². The Bertz CT molecular complexity index is 894. The summed E-state index contributed by atoms with van der Waals surface area (Å²) < 4.78 is 6.29. The minimum atomic E-state index is -0.250. The SMILES string of the molecule is CCCCCC[C@H](C)C(=O)OC12CCC(CC1)[C@@H](N[C@@H](C)c1cccc3ccccc13)C2. The van der Waals surface area contributed by atoms with Crippen LogP contribution in [0.15, 0.2) is 42.5 Å². The Morgan fingerprint density at radius 2 is 1.81 bits per heavy atom. The molecule has 3 saturated carbocycles. The summed E-state index contributed by atoms with van der Waals surface area (Å²) in [5.41, 5.74) is 1.11. The molecule has 1 N–H and O–H groups in total. The van der Waals surface area contributed by atoms with E-state index in [9.17, 15) is 4.79 Å². The molecular weight excluding hydrogens is 394 g/mol. The van der Waals surface area contributed by atoms with Gasteiger partial charge < -0.3 is 10.1 Å². The second-order valence-corrected chi connectivity index (χ2v) is 10.5. The van der Waals surface area contributed by atoms with Gasteiger partial charge in [0.25, 0.3) is 0 Å². The van der Waals surface area contributed by atoms with Crippen molar-refractivity contribution in [1.29, 1.82) is 0 Å². The average molecular weight is 436 g/mol. The van der Waals surface area contributed by atoms with Gasteiger partial charge in [0, 0.05) is 18.5 Å². The molecule has 2 aromatic rings. The molecule has 3 aliphatic rings. The molecule has 3 aliphatic carbocycles. The van der Waals surface area contributed by atoms with Crippen molar-refractivity contribution in [3.63, 3.8) is 0 Å². The van der Waals surface area contributed by atoms with Gasteiger partial charge in [-0.25, -0.2) is 0 Å². The molecule has 3 fully saturated rings. The number of fused-ring (bicyclic) bond motifs is 4. The van der Waals surface area contributed by atoms with Gasteiger partial charge in [0.1, 0.15) is 5.60 Å². The van der Waals surface area contributed by atoms with Gasteiger partial charge >= 0.3 is 5.97 Å². The number of nitrogens with one attached hydrogen (secondary N) is 1. The molecule has 0 spiro atoms. The molecule has 0 aromatic heterocycles. The Morgan fingerprint density at radius 1 is 1.06 bits per heavy atom. The van der Waals surface area contributed by atoms with E-state index < -0.39 is 0 Å². The van der Waals surface area contributed by atoms with Crippen molar-refractivity contribution in [2.75, 3.05) is 0 Å². The topological polar surface area (TPSA) is 38.3 Å². The van der Waals surface area contributed by atoms with Gasteiger partial charge in [-0.2, -0.15) is 0 Å². The molecule has 3 nitrogen and oxygen atoms in total. The van der Waals surface area contributed by atoms with Crippen LogP contribution in [0.2, 0.25) is 0 Å². The first-order valence-electron chi connectivity index (χ1n) is 13.0. The number of esters is 1. The van der Waals surface area contributed by atoms with Crippen LogP contribution in [0.3, 0.4) is 0 Å². The summed E-state index contributed by atoms with van der Waals surface area (Å²) in [6.07, 6.45) is 11.2. The summed E-state index contributed by atoms with van der Waals surface area (Å²) in [5.74, 6) is 0.740. The van der Waals surface area contributed by atoms with Crippen LogP contribution in [0.5, 0.6) is 0 Å². The number of carbonyl (C=O) groups is 1. The van der Waals surface area contributed by atoms with Crippen molar-refractivity contribution < 1.29 is 9.53 Å². The molecule has 32 heavy (non-hydrogen) atoms. The van der Waals surface area contributed by atoms with E-state index in [4.69, 9.17) is 4.74 Å². The van der Waals surface area contributed by atoms with E-state index in [1.807, 2.05) is 0 Å². The Labute approximate surface area is 194 Å². The maximum Gasteiger partial charge on any atom is 0.309 e. The van der Waals surface area contributed by atoms with Crippen LogP contribution in [0.4, 0.5) is 0 Å².